The van der Waals surface area contributed by atoms with Crippen molar-refractivity contribution in [1.82, 2.24) is 9.21 Å². The van der Waals surface area contributed by atoms with Gasteiger partial charge in [0.1, 0.15) is 0 Å². The third kappa shape index (κ3) is 2.35. The average Bonchev–Trinajstić information content (AvgIpc) is 2.67. The first-order chi connectivity index (χ1) is 6.40. The van der Waals surface area contributed by atoms with Gasteiger partial charge in [0.2, 0.25) is 0 Å². The molecule has 0 aliphatic carbocycles. The summed E-state index contributed by atoms with van der Waals surface area (Å²) in [5.74, 6) is 0. The number of nitrogens with zero attached hydrogens (tertiary/aromatic N) is 2. The smallest absolute Gasteiger partial charge is 0.0594 e. The van der Waals surface area contributed by atoms with Gasteiger partial charge in [0.15, 0.2) is 0 Å². The highest BCUT2D eigenvalue weighted by Gasteiger charge is 2.28. The fraction of sp³-hybridized carbons (Fsp3) is 1.00. The van der Waals surface area contributed by atoms with E-state index in [-0.39, 0.29) is 0 Å². The molecular weight excluding hydrogens is 186 g/mol. The van der Waals surface area contributed by atoms with Crippen molar-refractivity contribution in [1.29, 1.82) is 0 Å². The Morgan fingerprint density at radius 3 is 2.62 bits per heavy atom. The van der Waals surface area contributed by atoms with E-state index in [1.807, 2.05) is 0 Å². The predicted molar refractivity (Wildman–Crippen MR) is 54.1 cm³/mol. The minimum Gasteiger partial charge on any atom is -0.379 e. The van der Waals surface area contributed by atoms with E-state index in [0.29, 0.717) is 6.04 Å². The van der Waals surface area contributed by atoms with Gasteiger partial charge in [-0.2, -0.15) is 0 Å². The fourth-order valence-electron chi connectivity index (χ4n) is 2.05. The summed E-state index contributed by atoms with van der Waals surface area (Å²) in [5, 5.41) is 5.52. The number of hydrogen-bond donors (Lipinski definition) is 1. The zero-order chi connectivity index (χ0) is 9.10. The summed E-state index contributed by atoms with van der Waals surface area (Å²) in [6.07, 6.45) is 1.25. The van der Waals surface area contributed by atoms with Gasteiger partial charge < -0.3 is 4.74 Å². The lowest BCUT2D eigenvalue weighted by Crippen LogP contribution is -2.44. The van der Waals surface area contributed by atoms with Crippen molar-refractivity contribution >= 4 is 12.1 Å². The van der Waals surface area contributed by atoms with Crippen molar-refractivity contribution in [2.75, 3.05) is 39.4 Å². The highest BCUT2D eigenvalue weighted by atomic mass is 32.2. The standard InChI is InChI=1S/C8H17N3OS/c9-13-11-2-1-8(7-11)10-3-5-12-6-4-10/h8H,1-7,9H2. The van der Waals surface area contributed by atoms with Crippen LogP contribution in [0.3, 0.4) is 0 Å². The zero-order valence-electron chi connectivity index (χ0n) is 7.82. The SMILES string of the molecule is NSN1CCC(N2CCOCC2)C1. The van der Waals surface area contributed by atoms with Crippen molar-refractivity contribution in [3.05, 3.63) is 0 Å². The molecule has 1 atom stereocenters. The van der Waals surface area contributed by atoms with Crippen molar-refractivity contribution < 1.29 is 4.74 Å². The van der Waals surface area contributed by atoms with Gasteiger partial charge in [0.25, 0.3) is 0 Å². The van der Waals surface area contributed by atoms with Crippen LogP contribution in [0.25, 0.3) is 0 Å². The highest BCUT2D eigenvalue weighted by Crippen LogP contribution is 2.19. The number of nitrogens with two attached hydrogens (primary N) is 1. The minimum absolute atomic E-state index is 0.708. The molecule has 2 saturated heterocycles. The summed E-state index contributed by atoms with van der Waals surface area (Å²) in [5.41, 5.74) is 0. The van der Waals surface area contributed by atoms with E-state index in [1.54, 1.807) is 0 Å². The molecule has 2 aliphatic heterocycles. The Morgan fingerprint density at radius 2 is 2.00 bits per heavy atom. The molecule has 5 heteroatoms. The molecule has 0 saturated carbocycles. The molecule has 76 valence electrons. The molecule has 1 unspecified atom stereocenters. The van der Waals surface area contributed by atoms with Crippen molar-refractivity contribution in [2.45, 2.75) is 12.5 Å². The van der Waals surface area contributed by atoms with Gasteiger partial charge in [0, 0.05) is 44.4 Å². The van der Waals surface area contributed by atoms with Gasteiger partial charge in [-0.05, 0) is 6.42 Å². The molecule has 0 aromatic rings. The van der Waals surface area contributed by atoms with E-state index in [0.717, 1.165) is 39.4 Å². The fourth-order valence-corrected chi connectivity index (χ4v) is 2.52. The Bertz CT molecular complexity index is 163. The molecule has 2 fully saturated rings. The van der Waals surface area contributed by atoms with Gasteiger partial charge in [-0.15, -0.1) is 0 Å². The van der Waals surface area contributed by atoms with Crippen LogP contribution >= 0.6 is 12.1 Å². The Hall–Kier alpha value is 0.190. The maximum Gasteiger partial charge on any atom is 0.0594 e. The lowest BCUT2D eigenvalue weighted by atomic mass is 10.2. The van der Waals surface area contributed by atoms with Crippen LogP contribution in [-0.4, -0.2) is 54.6 Å². The third-order valence-electron chi connectivity index (χ3n) is 2.84. The first kappa shape index (κ1) is 9.73. The normalized spacial score (nSPS) is 32.5. The lowest BCUT2D eigenvalue weighted by molar-refractivity contribution is 0.0198. The zero-order valence-corrected chi connectivity index (χ0v) is 8.63. The van der Waals surface area contributed by atoms with E-state index in [2.05, 4.69) is 9.21 Å². The summed E-state index contributed by atoms with van der Waals surface area (Å²) in [6.45, 7) is 6.21. The van der Waals surface area contributed by atoms with Crippen LogP contribution in [-0.2, 0) is 4.74 Å². The van der Waals surface area contributed by atoms with Crippen LogP contribution in [0.1, 0.15) is 6.42 Å². The van der Waals surface area contributed by atoms with Gasteiger partial charge >= 0.3 is 0 Å². The van der Waals surface area contributed by atoms with E-state index < -0.39 is 0 Å². The summed E-state index contributed by atoms with van der Waals surface area (Å²) >= 11 is 1.38. The second-order valence-corrected chi connectivity index (χ2v) is 4.31. The Kier molecular flexibility index (Phi) is 3.45. The quantitative estimate of drug-likeness (QED) is 0.636. The van der Waals surface area contributed by atoms with Gasteiger partial charge in [0.05, 0.1) is 13.2 Å². The number of rotatable bonds is 2. The molecule has 0 spiro atoms. The molecule has 0 amide bonds. The maximum atomic E-state index is 5.52. The van der Waals surface area contributed by atoms with Crippen LogP contribution in [0.4, 0.5) is 0 Å². The van der Waals surface area contributed by atoms with Crippen LogP contribution in [0, 0.1) is 0 Å². The second kappa shape index (κ2) is 4.61. The maximum absolute atomic E-state index is 5.52. The topological polar surface area (TPSA) is 41.7 Å². The third-order valence-corrected chi connectivity index (χ3v) is 3.47. The van der Waals surface area contributed by atoms with Crippen LogP contribution in [0.2, 0.25) is 0 Å². The van der Waals surface area contributed by atoms with Crippen LogP contribution < -0.4 is 5.14 Å². The molecular formula is C8H17N3OS. The molecule has 2 aliphatic rings. The number of morpholine rings is 1. The van der Waals surface area contributed by atoms with Crippen LogP contribution in [0.5, 0.6) is 0 Å². The summed E-state index contributed by atoms with van der Waals surface area (Å²) < 4.78 is 7.56. The monoisotopic (exact) mass is 203 g/mol. The Morgan fingerprint density at radius 1 is 1.23 bits per heavy atom. The summed E-state index contributed by atoms with van der Waals surface area (Å²) in [4.78, 5) is 2.53. The van der Waals surface area contributed by atoms with Crippen molar-refractivity contribution in [2.24, 2.45) is 5.14 Å². The Labute approximate surface area is 83.6 Å². The average molecular weight is 203 g/mol. The van der Waals surface area contributed by atoms with Crippen LogP contribution in [0.15, 0.2) is 0 Å². The van der Waals surface area contributed by atoms with Gasteiger partial charge in [-0.25, -0.2) is 4.31 Å². The largest absolute Gasteiger partial charge is 0.379 e. The van der Waals surface area contributed by atoms with Gasteiger partial charge in [-0.3, -0.25) is 10.0 Å². The van der Waals surface area contributed by atoms with E-state index in [9.17, 15) is 0 Å². The molecule has 2 rings (SSSR count). The molecule has 0 aromatic heterocycles. The van der Waals surface area contributed by atoms with E-state index in [4.69, 9.17) is 9.88 Å². The minimum atomic E-state index is 0.708. The summed E-state index contributed by atoms with van der Waals surface area (Å²) in [6, 6.07) is 0.708. The van der Waals surface area contributed by atoms with Gasteiger partial charge in [-0.1, -0.05) is 0 Å². The first-order valence-corrected chi connectivity index (χ1v) is 5.67. The van der Waals surface area contributed by atoms with Crippen molar-refractivity contribution in [3.63, 3.8) is 0 Å². The van der Waals surface area contributed by atoms with Crippen molar-refractivity contribution in [3.8, 4) is 0 Å². The Balaban J connectivity index is 1.80. The number of hydrogen-bond acceptors (Lipinski definition) is 5. The van der Waals surface area contributed by atoms with E-state index >= 15 is 0 Å². The molecule has 4 nitrogen and oxygen atoms in total. The lowest BCUT2D eigenvalue weighted by Gasteiger charge is -2.31. The molecule has 2 N–H and O–H groups in total. The second-order valence-electron chi connectivity index (χ2n) is 3.58. The molecule has 0 radical (unpaired) electrons. The molecule has 2 heterocycles. The first-order valence-electron chi connectivity index (χ1n) is 4.84. The summed E-state index contributed by atoms with van der Waals surface area (Å²) in [7, 11) is 0. The number of ether oxygens (including phenoxy) is 1. The van der Waals surface area contributed by atoms with E-state index in [1.165, 1.54) is 18.6 Å². The predicted octanol–water partition coefficient (Wildman–Crippen LogP) is -0.0852. The molecule has 0 aromatic carbocycles. The highest BCUT2D eigenvalue weighted by molar-refractivity contribution is 7.94. The molecule has 0 bridgehead atoms. The molecule has 13 heavy (non-hydrogen) atoms.